The van der Waals surface area contributed by atoms with Gasteiger partial charge in [0.05, 0.1) is 24.0 Å². The molecule has 0 fully saturated rings. The summed E-state index contributed by atoms with van der Waals surface area (Å²) in [5.74, 6) is -1.18. The molecule has 1 N–H and O–H groups in total. The highest BCUT2D eigenvalue weighted by Crippen LogP contribution is 2.24. The quantitative estimate of drug-likeness (QED) is 0.729. The topological polar surface area (TPSA) is 99.2 Å². The van der Waals surface area contributed by atoms with Crippen LogP contribution in [-0.4, -0.2) is 33.8 Å². The van der Waals surface area contributed by atoms with Gasteiger partial charge in [0, 0.05) is 11.1 Å². The number of carbonyl (C=O) groups is 2. The number of anilines is 1. The van der Waals surface area contributed by atoms with E-state index in [9.17, 15) is 9.59 Å². The number of carbonyl (C=O) groups excluding carboxylic acids is 2. The monoisotopic (exact) mass is 346 g/mol. The molecular weight excluding hydrogens is 336 g/mol. The molecule has 2 heterocycles. The third-order valence-electron chi connectivity index (χ3n) is 3.12. The van der Waals surface area contributed by atoms with Crippen LogP contribution in [0.15, 0.2) is 47.6 Å². The van der Waals surface area contributed by atoms with Crippen molar-refractivity contribution in [3.05, 3.63) is 59.5 Å². The Morgan fingerprint density at radius 1 is 1.33 bits per heavy atom. The number of halogens is 1. The highest BCUT2D eigenvalue weighted by molar-refractivity contribution is 6.31. The van der Waals surface area contributed by atoms with Gasteiger partial charge in [-0.15, -0.1) is 0 Å². The Kier molecular flexibility index (Phi) is 4.30. The lowest BCUT2D eigenvalue weighted by Crippen LogP contribution is -2.13. The van der Waals surface area contributed by atoms with Crippen molar-refractivity contribution < 1.29 is 18.7 Å². The number of hydrogen-bond donors (Lipinski definition) is 1. The summed E-state index contributed by atoms with van der Waals surface area (Å²) in [6, 6.07) is 6.21. The minimum Gasteiger partial charge on any atom is -0.465 e. The molecule has 0 spiro atoms. The van der Waals surface area contributed by atoms with Crippen LogP contribution in [0.2, 0.25) is 5.02 Å². The van der Waals surface area contributed by atoms with E-state index in [1.54, 1.807) is 18.2 Å². The first-order chi connectivity index (χ1) is 11.6. The minimum absolute atomic E-state index is 0.0417. The summed E-state index contributed by atoms with van der Waals surface area (Å²) >= 11 is 5.99. The maximum Gasteiger partial charge on any atom is 0.341 e. The van der Waals surface area contributed by atoms with Crippen molar-refractivity contribution in [2.24, 2.45) is 0 Å². The molecular formula is C15H11ClN4O4. The molecule has 0 aliphatic carbocycles. The summed E-state index contributed by atoms with van der Waals surface area (Å²) in [7, 11) is 1.24. The Morgan fingerprint density at radius 2 is 2.17 bits per heavy atom. The third-order valence-corrected chi connectivity index (χ3v) is 3.35. The summed E-state index contributed by atoms with van der Waals surface area (Å²) in [6.07, 6.45) is 4.01. The van der Waals surface area contributed by atoms with Gasteiger partial charge in [-0.1, -0.05) is 11.6 Å². The zero-order chi connectivity index (χ0) is 17.1. The fourth-order valence-corrected chi connectivity index (χ4v) is 2.18. The third kappa shape index (κ3) is 3.13. The Bertz CT molecular complexity index is 889. The van der Waals surface area contributed by atoms with Gasteiger partial charge in [-0.2, -0.15) is 5.10 Å². The van der Waals surface area contributed by atoms with E-state index in [2.05, 4.69) is 20.1 Å². The zero-order valence-corrected chi connectivity index (χ0v) is 13.1. The molecule has 2 aromatic heterocycles. The van der Waals surface area contributed by atoms with E-state index >= 15 is 0 Å². The van der Waals surface area contributed by atoms with Crippen LogP contribution in [-0.2, 0) is 4.74 Å². The van der Waals surface area contributed by atoms with Crippen LogP contribution in [0.3, 0.4) is 0 Å². The number of benzene rings is 1. The summed E-state index contributed by atoms with van der Waals surface area (Å²) in [6.45, 7) is 0. The van der Waals surface area contributed by atoms with Crippen LogP contribution in [0, 0.1) is 0 Å². The van der Waals surface area contributed by atoms with Crippen molar-refractivity contribution in [3.63, 3.8) is 0 Å². The first-order valence-corrected chi connectivity index (χ1v) is 7.09. The predicted molar refractivity (Wildman–Crippen MR) is 84.4 cm³/mol. The SMILES string of the molecule is COC(=O)c1coc(C(=O)Nc2cc(Cl)ccc2-n2cncn2)c1. The van der Waals surface area contributed by atoms with E-state index in [1.165, 1.54) is 30.5 Å². The van der Waals surface area contributed by atoms with Crippen molar-refractivity contribution in [3.8, 4) is 5.69 Å². The second-order valence-electron chi connectivity index (χ2n) is 4.65. The molecule has 0 atom stereocenters. The van der Waals surface area contributed by atoms with Gasteiger partial charge in [0.2, 0.25) is 0 Å². The lowest BCUT2D eigenvalue weighted by molar-refractivity contribution is 0.0600. The maximum atomic E-state index is 12.3. The van der Waals surface area contributed by atoms with E-state index in [0.29, 0.717) is 16.4 Å². The molecule has 0 unspecified atom stereocenters. The van der Waals surface area contributed by atoms with Gasteiger partial charge in [-0.05, 0) is 18.2 Å². The van der Waals surface area contributed by atoms with Gasteiger partial charge in [0.25, 0.3) is 5.91 Å². The largest absolute Gasteiger partial charge is 0.465 e. The summed E-state index contributed by atoms with van der Waals surface area (Å²) in [5.41, 5.74) is 1.13. The number of amides is 1. The van der Waals surface area contributed by atoms with Gasteiger partial charge in [-0.3, -0.25) is 4.79 Å². The Balaban J connectivity index is 1.88. The van der Waals surface area contributed by atoms with Crippen molar-refractivity contribution in [2.75, 3.05) is 12.4 Å². The molecule has 0 radical (unpaired) electrons. The van der Waals surface area contributed by atoms with Crippen molar-refractivity contribution >= 4 is 29.2 Å². The van der Waals surface area contributed by atoms with E-state index in [4.69, 9.17) is 16.0 Å². The number of nitrogens with one attached hydrogen (secondary N) is 1. The summed E-state index contributed by atoms with van der Waals surface area (Å²) in [4.78, 5) is 27.6. The molecule has 0 aliphatic heterocycles. The van der Waals surface area contributed by atoms with E-state index in [-0.39, 0.29) is 11.3 Å². The normalized spacial score (nSPS) is 10.4. The maximum absolute atomic E-state index is 12.3. The second-order valence-corrected chi connectivity index (χ2v) is 5.08. The summed E-state index contributed by atoms with van der Waals surface area (Å²) in [5, 5.41) is 7.12. The van der Waals surface area contributed by atoms with Gasteiger partial charge >= 0.3 is 5.97 Å². The fourth-order valence-electron chi connectivity index (χ4n) is 2.00. The van der Waals surface area contributed by atoms with Crippen molar-refractivity contribution in [1.82, 2.24) is 14.8 Å². The molecule has 9 heteroatoms. The molecule has 1 aromatic carbocycles. The molecule has 24 heavy (non-hydrogen) atoms. The molecule has 1 amide bonds. The highest BCUT2D eigenvalue weighted by Gasteiger charge is 2.17. The minimum atomic E-state index is -0.594. The van der Waals surface area contributed by atoms with Crippen LogP contribution < -0.4 is 5.32 Å². The molecule has 122 valence electrons. The van der Waals surface area contributed by atoms with Crippen LogP contribution in [0.4, 0.5) is 5.69 Å². The van der Waals surface area contributed by atoms with Gasteiger partial charge in [0.15, 0.2) is 5.76 Å². The second kappa shape index (κ2) is 6.55. The molecule has 0 aliphatic rings. The molecule has 0 saturated carbocycles. The van der Waals surface area contributed by atoms with Gasteiger partial charge in [-0.25, -0.2) is 14.5 Å². The van der Waals surface area contributed by atoms with Crippen LogP contribution >= 0.6 is 11.6 Å². The standard InChI is InChI=1S/C15H11ClN4O4/c1-23-15(22)9-4-13(24-6-9)14(21)19-11-5-10(16)2-3-12(11)20-8-17-7-18-20/h2-8H,1H3,(H,19,21). The lowest BCUT2D eigenvalue weighted by atomic mass is 10.2. The number of nitrogens with zero attached hydrogens (tertiary/aromatic N) is 3. The average molecular weight is 347 g/mol. The number of rotatable bonds is 4. The summed E-state index contributed by atoms with van der Waals surface area (Å²) < 4.78 is 11.1. The number of methoxy groups -OCH3 is 1. The van der Waals surface area contributed by atoms with Crippen molar-refractivity contribution in [2.45, 2.75) is 0 Å². The molecule has 3 aromatic rings. The number of esters is 1. The molecule has 3 rings (SSSR count). The smallest absolute Gasteiger partial charge is 0.341 e. The fraction of sp³-hybridized carbons (Fsp3) is 0.0667. The Morgan fingerprint density at radius 3 is 2.88 bits per heavy atom. The lowest BCUT2D eigenvalue weighted by Gasteiger charge is -2.10. The number of furan rings is 1. The molecule has 8 nitrogen and oxygen atoms in total. The first kappa shape index (κ1) is 15.8. The van der Waals surface area contributed by atoms with E-state index < -0.39 is 11.9 Å². The van der Waals surface area contributed by atoms with E-state index in [1.807, 2.05) is 0 Å². The Hall–Kier alpha value is -3.13. The predicted octanol–water partition coefficient (Wildman–Crippen LogP) is 2.55. The van der Waals surface area contributed by atoms with E-state index in [0.717, 1.165) is 6.26 Å². The number of aromatic nitrogens is 3. The van der Waals surface area contributed by atoms with Crippen molar-refractivity contribution in [1.29, 1.82) is 0 Å². The molecule has 0 bridgehead atoms. The first-order valence-electron chi connectivity index (χ1n) is 6.71. The van der Waals surface area contributed by atoms with Gasteiger partial charge < -0.3 is 14.5 Å². The zero-order valence-electron chi connectivity index (χ0n) is 12.4. The van der Waals surface area contributed by atoms with Gasteiger partial charge in [0.1, 0.15) is 18.9 Å². The number of ether oxygens (including phenoxy) is 1. The average Bonchev–Trinajstić information content (AvgIpc) is 3.26. The highest BCUT2D eigenvalue weighted by atomic mass is 35.5. The molecule has 0 saturated heterocycles. The van der Waals surface area contributed by atoms with Crippen LogP contribution in [0.25, 0.3) is 5.69 Å². The van der Waals surface area contributed by atoms with Crippen LogP contribution in [0.5, 0.6) is 0 Å². The van der Waals surface area contributed by atoms with Crippen LogP contribution in [0.1, 0.15) is 20.9 Å². The number of hydrogen-bond acceptors (Lipinski definition) is 6. The Labute approximate surface area is 141 Å².